The van der Waals surface area contributed by atoms with Crippen molar-refractivity contribution in [1.82, 2.24) is 10.2 Å². The van der Waals surface area contributed by atoms with Gasteiger partial charge >= 0.3 is 0 Å². The van der Waals surface area contributed by atoms with Crippen molar-refractivity contribution in [2.24, 2.45) is 0 Å². The second kappa shape index (κ2) is 5.26. The summed E-state index contributed by atoms with van der Waals surface area (Å²) < 4.78 is 0. The Morgan fingerprint density at radius 2 is 2.27 bits per heavy atom. The Morgan fingerprint density at radius 1 is 1.53 bits per heavy atom. The quantitative estimate of drug-likeness (QED) is 0.553. The van der Waals surface area contributed by atoms with Crippen molar-refractivity contribution in [1.29, 1.82) is 0 Å². The third-order valence-electron chi connectivity index (χ3n) is 2.12. The van der Waals surface area contributed by atoms with Gasteiger partial charge in [-0.25, -0.2) is 0 Å². The molecule has 0 saturated heterocycles. The van der Waals surface area contributed by atoms with Crippen LogP contribution in [-0.2, 0) is 6.42 Å². The first-order valence-corrected chi connectivity index (χ1v) is 4.99. The van der Waals surface area contributed by atoms with Crippen LogP contribution in [0.2, 0.25) is 0 Å². The molecule has 3 heteroatoms. The van der Waals surface area contributed by atoms with E-state index in [2.05, 4.69) is 16.1 Å². The van der Waals surface area contributed by atoms with Crippen molar-refractivity contribution in [2.75, 3.05) is 0 Å². The van der Waals surface area contributed by atoms with Gasteiger partial charge in [0.05, 0.1) is 11.4 Å². The molecule has 0 saturated carbocycles. The minimum atomic E-state index is 0.0581. The molecular weight excluding hydrogens is 188 g/mol. The molecule has 0 atom stereocenters. The highest BCUT2D eigenvalue weighted by molar-refractivity contribution is 5.97. The predicted octanol–water partition coefficient (Wildman–Crippen LogP) is 1.94. The molecule has 0 amide bonds. The van der Waals surface area contributed by atoms with Crippen LogP contribution >= 0.6 is 0 Å². The summed E-state index contributed by atoms with van der Waals surface area (Å²) in [6.45, 7) is 3.78. The van der Waals surface area contributed by atoms with E-state index in [1.807, 2.05) is 13.8 Å². The molecule has 0 radical (unpaired) electrons. The van der Waals surface area contributed by atoms with E-state index < -0.39 is 0 Å². The number of hydrogen-bond donors (Lipinski definition) is 0. The van der Waals surface area contributed by atoms with E-state index in [1.54, 1.807) is 6.07 Å². The molecule has 0 aliphatic heterocycles. The van der Waals surface area contributed by atoms with Crippen molar-refractivity contribution in [2.45, 2.75) is 33.1 Å². The van der Waals surface area contributed by atoms with E-state index in [0.717, 1.165) is 11.4 Å². The Bertz CT molecular complexity index is 405. The second-order valence-corrected chi connectivity index (χ2v) is 3.33. The van der Waals surface area contributed by atoms with Gasteiger partial charge in [-0.05, 0) is 19.4 Å². The molecule has 0 unspecified atom stereocenters. The number of nitrogens with zero attached hydrogens (tertiary/aromatic N) is 2. The number of Topliss-reactive ketones (excluding diaryl/α,β-unsaturated/α-hetero) is 1. The summed E-state index contributed by atoms with van der Waals surface area (Å²) in [5.74, 6) is 2.52. The molecule has 0 fully saturated rings. The van der Waals surface area contributed by atoms with Crippen molar-refractivity contribution >= 4 is 5.78 Å². The van der Waals surface area contributed by atoms with Crippen molar-refractivity contribution in [3.63, 3.8) is 0 Å². The average Bonchev–Trinajstić information content (AvgIpc) is 2.25. The fourth-order valence-corrected chi connectivity index (χ4v) is 1.34. The Hall–Kier alpha value is -1.69. The Balaban J connectivity index is 2.96. The summed E-state index contributed by atoms with van der Waals surface area (Å²) in [6, 6.07) is 1.78. The number of hydrogen-bond acceptors (Lipinski definition) is 3. The van der Waals surface area contributed by atoms with E-state index in [1.165, 1.54) is 0 Å². The maximum Gasteiger partial charge on any atom is 0.165 e. The Labute approximate surface area is 89.9 Å². The number of aryl methyl sites for hydroxylation is 2. The van der Waals surface area contributed by atoms with Gasteiger partial charge in [0.2, 0.25) is 0 Å². The zero-order valence-electron chi connectivity index (χ0n) is 9.08. The van der Waals surface area contributed by atoms with E-state index in [9.17, 15) is 4.79 Å². The van der Waals surface area contributed by atoms with Crippen molar-refractivity contribution < 1.29 is 4.79 Å². The summed E-state index contributed by atoms with van der Waals surface area (Å²) >= 11 is 0. The monoisotopic (exact) mass is 202 g/mol. The van der Waals surface area contributed by atoms with Crippen LogP contribution in [0.15, 0.2) is 6.07 Å². The molecule has 0 spiro atoms. The predicted molar refractivity (Wildman–Crippen MR) is 58.5 cm³/mol. The van der Waals surface area contributed by atoms with Crippen LogP contribution in [0.3, 0.4) is 0 Å². The van der Waals surface area contributed by atoms with Crippen LogP contribution in [0.5, 0.6) is 0 Å². The molecule has 0 aliphatic rings. The van der Waals surface area contributed by atoms with E-state index >= 15 is 0 Å². The fraction of sp³-hybridized carbons (Fsp3) is 0.417. The van der Waals surface area contributed by atoms with Gasteiger partial charge in [0.15, 0.2) is 5.78 Å². The third-order valence-corrected chi connectivity index (χ3v) is 2.12. The van der Waals surface area contributed by atoms with Crippen molar-refractivity contribution in [3.8, 4) is 12.3 Å². The molecule has 1 aromatic rings. The van der Waals surface area contributed by atoms with Gasteiger partial charge in [0.1, 0.15) is 0 Å². The molecule has 1 aromatic heterocycles. The van der Waals surface area contributed by atoms with Crippen LogP contribution in [0.1, 0.15) is 41.5 Å². The minimum absolute atomic E-state index is 0.0581. The molecule has 0 N–H and O–H groups in total. The van der Waals surface area contributed by atoms with Crippen LogP contribution in [0.25, 0.3) is 0 Å². The zero-order valence-corrected chi connectivity index (χ0v) is 9.08. The van der Waals surface area contributed by atoms with Crippen molar-refractivity contribution in [3.05, 3.63) is 23.0 Å². The first kappa shape index (κ1) is 11.4. The first-order chi connectivity index (χ1) is 7.19. The molecular formula is C12H14N2O. The van der Waals surface area contributed by atoms with Gasteiger partial charge in [-0.1, -0.05) is 6.92 Å². The number of rotatable bonds is 4. The number of terminal acetylenes is 1. The van der Waals surface area contributed by atoms with E-state index in [-0.39, 0.29) is 5.78 Å². The lowest BCUT2D eigenvalue weighted by molar-refractivity contribution is 0.0982. The topological polar surface area (TPSA) is 42.9 Å². The third kappa shape index (κ3) is 2.88. The largest absolute Gasteiger partial charge is 0.294 e. The van der Waals surface area contributed by atoms with Gasteiger partial charge in [-0.2, -0.15) is 10.2 Å². The van der Waals surface area contributed by atoms with Gasteiger partial charge in [-0.3, -0.25) is 4.79 Å². The van der Waals surface area contributed by atoms with E-state index in [0.29, 0.717) is 24.8 Å². The van der Waals surface area contributed by atoms with Crippen LogP contribution in [0, 0.1) is 19.3 Å². The summed E-state index contributed by atoms with van der Waals surface area (Å²) in [7, 11) is 0. The zero-order chi connectivity index (χ0) is 11.3. The summed E-state index contributed by atoms with van der Waals surface area (Å²) in [5.41, 5.74) is 2.18. The standard InChI is InChI=1S/C12H14N2O/c1-4-6-7-12(15)10-8-9(3)13-14-11(10)5-2/h1,8H,5-7H2,2-3H3. The lowest BCUT2D eigenvalue weighted by Crippen LogP contribution is -2.07. The fourth-order valence-electron chi connectivity index (χ4n) is 1.34. The highest BCUT2D eigenvalue weighted by Crippen LogP contribution is 2.11. The maximum atomic E-state index is 11.8. The second-order valence-electron chi connectivity index (χ2n) is 3.33. The van der Waals surface area contributed by atoms with Gasteiger partial charge in [-0.15, -0.1) is 12.3 Å². The molecule has 15 heavy (non-hydrogen) atoms. The number of ketones is 1. The molecule has 3 nitrogen and oxygen atoms in total. The molecule has 1 heterocycles. The number of aromatic nitrogens is 2. The molecule has 0 bridgehead atoms. The van der Waals surface area contributed by atoms with Crippen LogP contribution in [0.4, 0.5) is 0 Å². The Morgan fingerprint density at radius 3 is 2.87 bits per heavy atom. The summed E-state index contributed by atoms with van der Waals surface area (Å²) in [6.07, 6.45) is 6.70. The van der Waals surface area contributed by atoms with Crippen LogP contribution < -0.4 is 0 Å². The number of carbonyl (C=O) groups excluding carboxylic acids is 1. The minimum Gasteiger partial charge on any atom is -0.294 e. The first-order valence-electron chi connectivity index (χ1n) is 4.99. The lowest BCUT2D eigenvalue weighted by atomic mass is 10.0. The highest BCUT2D eigenvalue weighted by atomic mass is 16.1. The van der Waals surface area contributed by atoms with Crippen LogP contribution in [-0.4, -0.2) is 16.0 Å². The van der Waals surface area contributed by atoms with Gasteiger partial charge < -0.3 is 0 Å². The molecule has 0 aromatic carbocycles. The average molecular weight is 202 g/mol. The summed E-state index contributed by atoms with van der Waals surface area (Å²) in [4.78, 5) is 11.8. The molecule has 0 aliphatic carbocycles. The molecule has 78 valence electrons. The Kier molecular flexibility index (Phi) is 3.99. The highest BCUT2D eigenvalue weighted by Gasteiger charge is 2.11. The summed E-state index contributed by atoms with van der Waals surface area (Å²) in [5, 5.41) is 7.93. The van der Waals surface area contributed by atoms with Gasteiger partial charge in [0.25, 0.3) is 0 Å². The van der Waals surface area contributed by atoms with Gasteiger partial charge in [0, 0.05) is 18.4 Å². The maximum absolute atomic E-state index is 11.8. The smallest absolute Gasteiger partial charge is 0.165 e. The number of carbonyl (C=O) groups is 1. The molecule has 1 rings (SSSR count). The SMILES string of the molecule is C#CCCC(=O)c1cc(C)nnc1CC. The lowest BCUT2D eigenvalue weighted by Gasteiger charge is -2.04. The van der Waals surface area contributed by atoms with E-state index in [4.69, 9.17) is 6.42 Å². The normalized spacial score (nSPS) is 9.67.